The lowest BCUT2D eigenvalue weighted by molar-refractivity contribution is -0.120. The minimum atomic E-state index is -0.499. The molecule has 0 radical (unpaired) electrons. The number of halogens is 1. The third kappa shape index (κ3) is 4.57. The first kappa shape index (κ1) is 23.9. The molecule has 0 spiro atoms. The van der Waals surface area contributed by atoms with E-state index in [4.69, 9.17) is 8.83 Å². The second-order valence-electron chi connectivity index (χ2n) is 10.5. The molecule has 2 fully saturated rings. The van der Waals surface area contributed by atoms with Crippen molar-refractivity contribution in [2.24, 2.45) is 5.92 Å². The van der Waals surface area contributed by atoms with Crippen molar-refractivity contribution in [3.8, 4) is 11.1 Å². The Morgan fingerprint density at radius 3 is 2.70 bits per heavy atom. The zero-order valence-corrected chi connectivity index (χ0v) is 21.0. The largest absolute Gasteiger partial charge is 0.464 e. The van der Waals surface area contributed by atoms with Gasteiger partial charge in [0.25, 0.3) is 0 Å². The summed E-state index contributed by atoms with van der Waals surface area (Å²) in [5.74, 6) is 0.00697. The van der Waals surface area contributed by atoms with Crippen molar-refractivity contribution in [2.75, 3.05) is 19.6 Å². The summed E-state index contributed by atoms with van der Waals surface area (Å²) in [5, 5.41) is 4.69. The van der Waals surface area contributed by atoms with Crippen LogP contribution in [-0.2, 0) is 11.2 Å². The number of amides is 1. The van der Waals surface area contributed by atoms with E-state index in [2.05, 4.69) is 10.2 Å². The molecule has 0 saturated carbocycles. The molecule has 2 atom stereocenters. The highest BCUT2D eigenvalue weighted by molar-refractivity contribution is 6.02. The lowest BCUT2D eigenvalue weighted by Gasteiger charge is -2.44. The Morgan fingerprint density at radius 2 is 1.86 bits per heavy atom. The maximum Gasteiger partial charge on any atom is 0.340 e. The van der Waals surface area contributed by atoms with E-state index in [1.165, 1.54) is 50.9 Å². The van der Waals surface area contributed by atoms with Gasteiger partial charge >= 0.3 is 5.63 Å². The van der Waals surface area contributed by atoms with E-state index in [-0.39, 0.29) is 18.1 Å². The van der Waals surface area contributed by atoms with Crippen LogP contribution in [0.3, 0.4) is 0 Å². The highest BCUT2D eigenvalue weighted by atomic mass is 19.1. The quantitative estimate of drug-likeness (QED) is 0.361. The van der Waals surface area contributed by atoms with Gasteiger partial charge in [0, 0.05) is 35.0 Å². The van der Waals surface area contributed by atoms with E-state index >= 15 is 0 Å². The number of carbonyl (C=O) groups excluding carboxylic acids is 1. The van der Waals surface area contributed by atoms with Gasteiger partial charge in [-0.2, -0.15) is 0 Å². The molecule has 7 heteroatoms. The number of furan rings is 1. The van der Waals surface area contributed by atoms with Gasteiger partial charge in [0.2, 0.25) is 5.91 Å². The summed E-state index contributed by atoms with van der Waals surface area (Å²) in [6.45, 7) is 4.83. The number of nitrogens with one attached hydrogen (secondary N) is 1. The van der Waals surface area contributed by atoms with Crippen molar-refractivity contribution in [2.45, 2.75) is 51.5 Å². The van der Waals surface area contributed by atoms with E-state index < -0.39 is 5.63 Å². The Labute approximate surface area is 214 Å². The zero-order chi connectivity index (χ0) is 25.5. The molecule has 6 nitrogen and oxygen atoms in total. The van der Waals surface area contributed by atoms with Gasteiger partial charge < -0.3 is 19.1 Å². The molecule has 0 unspecified atom stereocenters. The van der Waals surface area contributed by atoms with E-state index in [1.807, 2.05) is 13.0 Å². The minimum Gasteiger partial charge on any atom is -0.464 e. The first-order valence-corrected chi connectivity index (χ1v) is 13.2. The van der Waals surface area contributed by atoms with Crippen molar-refractivity contribution < 1.29 is 18.0 Å². The number of nitrogens with zero attached hydrogens (tertiary/aromatic N) is 1. The normalized spacial score (nSPS) is 20.3. The van der Waals surface area contributed by atoms with Gasteiger partial charge in [-0.3, -0.25) is 4.79 Å². The average molecular weight is 503 g/mol. The lowest BCUT2D eigenvalue weighted by atomic mass is 9.83. The highest BCUT2D eigenvalue weighted by Crippen LogP contribution is 2.35. The van der Waals surface area contributed by atoms with Crippen LogP contribution >= 0.6 is 0 Å². The number of aryl methyl sites for hydroxylation is 1. The fraction of sp³-hybridized carbons (Fsp3) is 0.400. The fourth-order valence-corrected chi connectivity index (χ4v) is 6.25. The van der Waals surface area contributed by atoms with Gasteiger partial charge in [0.05, 0.1) is 18.2 Å². The Hall–Kier alpha value is -3.45. The molecule has 37 heavy (non-hydrogen) atoms. The molecular weight excluding hydrogens is 471 g/mol. The number of hydrogen-bond donors (Lipinski definition) is 1. The summed E-state index contributed by atoms with van der Waals surface area (Å²) in [5.41, 5.74) is 3.24. The smallest absolute Gasteiger partial charge is 0.340 e. The predicted molar refractivity (Wildman–Crippen MR) is 141 cm³/mol. The Balaban J connectivity index is 1.25. The maximum absolute atomic E-state index is 13.4. The second kappa shape index (κ2) is 9.78. The van der Waals surface area contributed by atoms with Crippen molar-refractivity contribution in [3.05, 3.63) is 70.0 Å². The van der Waals surface area contributed by atoms with Crippen LogP contribution in [0.2, 0.25) is 0 Å². The molecular formula is C30H31FN2O4. The molecule has 2 saturated heterocycles. The van der Waals surface area contributed by atoms with E-state index in [9.17, 15) is 14.0 Å². The molecule has 192 valence electrons. The first-order valence-electron chi connectivity index (χ1n) is 13.2. The Kier molecular flexibility index (Phi) is 6.32. The third-order valence-corrected chi connectivity index (χ3v) is 8.26. The number of rotatable bonds is 5. The summed E-state index contributed by atoms with van der Waals surface area (Å²) >= 11 is 0. The molecule has 0 aliphatic carbocycles. The second-order valence-corrected chi connectivity index (χ2v) is 10.5. The van der Waals surface area contributed by atoms with Gasteiger partial charge in [0.15, 0.2) is 0 Å². The number of carbonyl (C=O) groups is 1. The minimum absolute atomic E-state index is 0.0144. The standard InChI is InChI=1S/C30H31FN2O4/c1-18-22-13-24-25(19-7-9-21(31)10-8-19)17-36-27(24)15-28(22)37-30(35)23(18)14-29(34)32-16-20-5-4-12-33-11-3-2-6-26(20)33/h7-10,13,15,17,20,26H,2-6,11-12,14,16H2,1H3,(H,32,34)/t20-,26+/m1/s1. The summed E-state index contributed by atoms with van der Waals surface area (Å²) in [4.78, 5) is 28.4. The molecule has 6 rings (SSSR count). The number of fused-ring (bicyclic) bond motifs is 3. The number of hydrogen-bond acceptors (Lipinski definition) is 5. The Bertz CT molecular complexity index is 1520. The van der Waals surface area contributed by atoms with Crippen LogP contribution in [-0.4, -0.2) is 36.5 Å². The Morgan fingerprint density at radius 1 is 1.05 bits per heavy atom. The predicted octanol–water partition coefficient (Wildman–Crippen LogP) is 5.58. The van der Waals surface area contributed by atoms with Crippen molar-refractivity contribution in [1.29, 1.82) is 0 Å². The molecule has 2 aromatic heterocycles. The number of benzene rings is 2. The SMILES string of the molecule is Cc1c(CC(=O)NC[C@H]2CCCN3CCCC[C@@H]23)c(=O)oc2cc3occ(-c4ccc(F)cc4)c3cc12. The monoisotopic (exact) mass is 502 g/mol. The molecule has 4 aromatic rings. The van der Waals surface area contributed by atoms with Crippen molar-refractivity contribution in [1.82, 2.24) is 10.2 Å². The van der Waals surface area contributed by atoms with Crippen LogP contribution in [0.15, 0.2) is 56.3 Å². The van der Waals surface area contributed by atoms with Gasteiger partial charge in [-0.05, 0) is 80.9 Å². The molecule has 4 heterocycles. The van der Waals surface area contributed by atoms with E-state index in [0.29, 0.717) is 35.2 Å². The number of piperidine rings is 2. The highest BCUT2D eigenvalue weighted by Gasteiger charge is 2.33. The maximum atomic E-state index is 13.4. The summed E-state index contributed by atoms with van der Waals surface area (Å²) < 4.78 is 24.8. The topological polar surface area (TPSA) is 75.7 Å². The summed E-state index contributed by atoms with van der Waals surface area (Å²) in [6.07, 6.45) is 7.65. The third-order valence-electron chi connectivity index (χ3n) is 8.26. The van der Waals surface area contributed by atoms with E-state index in [0.717, 1.165) is 33.9 Å². The zero-order valence-electron chi connectivity index (χ0n) is 21.0. The van der Waals surface area contributed by atoms with Crippen LogP contribution < -0.4 is 10.9 Å². The molecule has 1 N–H and O–H groups in total. The van der Waals surface area contributed by atoms with Crippen molar-refractivity contribution >= 4 is 27.8 Å². The van der Waals surface area contributed by atoms with Gasteiger partial charge in [-0.25, -0.2) is 9.18 Å². The molecule has 1 amide bonds. The van der Waals surface area contributed by atoms with Gasteiger partial charge in [0.1, 0.15) is 17.0 Å². The molecule has 2 aliphatic rings. The van der Waals surface area contributed by atoms with Gasteiger partial charge in [-0.1, -0.05) is 18.6 Å². The van der Waals surface area contributed by atoms with Crippen molar-refractivity contribution in [3.63, 3.8) is 0 Å². The first-order chi connectivity index (χ1) is 18.0. The van der Waals surface area contributed by atoms with Crippen LogP contribution in [0.4, 0.5) is 4.39 Å². The van der Waals surface area contributed by atoms with Crippen LogP contribution in [0.25, 0.3) is 33.1 Å². The fourth-order valence-electron chi connectivity index (χ4n) is 6.25. The van der Waals surface area contributed by atoms with Crippen LogP contribution in [0.5, 0.6) is 0 Å². The van der Waals surface area contributed by atoms with Gasteiger partial charge in [-0.15, -0.1) is 0 Å². The molecule has 2 aliphatic heterocycles. The van der Waals surface area contributed by atoms with Crippen LogP contribution in [0.1, 0.15) is 43.2 Å². The lowest BCUT2D eigenvalue weighted by Crippen LogP contribution is -2.51. The average Bonchev–Trinajstić information content (AvgIpc) is 3.32. The van der Waals surface area contributed by atoms with E-state index in [1.54, 1.807) is 24.5 Å². The molecule has 0 bridgehead atoms. The molecule has 2 aromatic carbocycles. The van der Waals surface area contributed by atoms with Crippen LogP contribution in [0, 0.1) is 18.7 Å². The summed E-state index contributed by atoms with van der Waals surface area (Å²) in [6, 6.07) is 10.4. The summed E-state index contributed by atoms with van der Waals surface area (Å²) in [7, 11) is 0.